The highest BCUT2D eigenvalue weighted by atomic mass is 35.5. The maximum absolute atomic E-state index is 12.7. The van der Waals surface area contributed by atoms with Crippen LogP contribution >= 0.6 is 35.6 Å². The quantitative estimate of drug-likeness (QED) is 0.336. The van der Waals surface area contributed by atoms with Crippen LogP contribution in [0.3, 0.4) is 0 Å². The lowest BCUT2D eigenvalue weighted by molar-refractivity contribution is -0.122. The Bertz CT molecular complexity index is 1010. The number of aromatic hydroxyl groups is 1. The molecule has 0 radical (unpaired) electrons. The molecular weight excluding hydrogens is 440 g/mol. The Balaban J connectivity index is 1.54. The van der Waals surface area contributed by atoms with Gasteiger partial charge in [-0.05, 0) is 48.2 Å². The minimum Gasteiger partial charge on any atom is -0.506 e. The zero-order valence-corrected chi connectivity index (χ0v) is 18.7. The maximum atomic E-state index is 12.7. The number of phenols is 1. The Morgan fingerprint density at radius 2 is 2.00 bits per heavy atom. The van der Waals surface area contributed by atoms with Gasteiger partial charge in [0, 0.05) is 18.0 Å². The van der Waals surface area contributed by atoms with E-state index in [1.807, 2.05) is 30.3 Å². The third-order valence-corrected chi connectivity index (χ3v) is 6.19. The number of phenolic OH excluding ortho intramolecular Hbond substituents is 1. The number of hydrogen-bond acceptors (Lipinski definition) is 5. The van der Waals surface area contributed by atoms with Gasteiger partial charge in [-0.2, -0.15) is 0 Å². The molecule has 0 bridgehead atoms. The third-order valence-electron chi connectivity index (χ3n) is 4.58. The number of aryl methyl sites for hydroxylation is 1. The summed E-state index contributed by atoms with van der Waals surface area (Å²) in [6, 6.07) is 12.5. The second-order valence-corrected chi connectivity index (χ2v) is 8.85. The third kappa shape index (κ3) is 5.62. The summed E-state index contributed by atoms with van der Waals surface area (Å²) in [6.45, 7) is 2.45. The van der Waals surface area contributed by atoms with E-state index in [2.05, 4.69) is 12.2 Å². The van der Waals surface area contributed by atoms with Gasteiger partial charge in [-0.15, -0.1) is 0 Å². The molecule has 2 N–H and O–H groups in total. The number of anilines is 1. The zero-order valence-electron chi connectivity index (χ0n) is 16.4. The van der Waals surface area contributed by atoms with E-state index < -0.39 is 0 Å². The number of thioether (sulfide) groups is 1. The van der Waals surface area contributed by atoms with Crippen LogP contribution in [0.2, 0.25) is 5.02 Å². The SMILES string of the molecule is CCc1ccc(C=C2SC(=S)N(CCCC(=O)Nc3cc(Cl)ccc3O)C2=O)cc1. The number of benzene rings is 2. The predicted molar refractivity (Wildman–Crippen MR) is 127 cm³/mol. The summed E-state index contributed by atoms with van der Waals surface area (Å²) in [4.78, 5) is 27.0. The van der Waals surface area contributed by atoms with E-state index in [0.29, 0.717) is 27.2 Å². The summed E-state index contributed by atoms with van der Waals surface area (Å²) in [5, 5.41) is 12.8. The summed E-state index contributed by atoms with van der Waals surface area (Å²) >= 11 is 12.5. The van der Waals surface area contributed by atoms with E-state index in [1.165, 1.54) is 40.4 Å². The van der Waals surface area contributed by atoms with Crippen LogP contribution in [0, 0.1) is 0 Å². The summed E-state index contributed by atoms with van der Waals surface area (Å²) in [5.74, 6) is -0.469. The molecule has 2 aromatic rings. The first-order valence-electron chi connectivity index (χ1n) is 9.50. The molecule has 0 aromatic heterocycles. The number of nitrogens with zero attached hydrogens (tertiary/aromatic N) is 1. The molecule has 0 spiro atoms. The van der Waals surface area contributed by atoms with Gasteiger partial charge in [0.2, 0.25) is 5.91 Å². The Morgan fingerprint density at radius 1 is 1.27 bits per heavy atom. The Morgan fingerprint density at radius 3 is 2.70 bits per heavy atom. The predicted octanol–water partition coefficient (Wildman–Crippen LogP) is 5.23. The highest BCUT2D eigenvalue weighted by Crippen LogP contribution is 2.33. The normalized spacial score (nSPS) is 15.1. The van der Waals surface area contributed by atoms with Crippen molar-refractivity contribution < 1.29 is 14.7 Å². The van der Waals surface area contributed by atoms with Gasteiger partial charge in [0.1, 0.15) is 10.1 Å². The van der Waals surface area contributed by atoms with Crippen LogP contribution in [0.4, 0.5) is 5.69 Å². The summed E-state index contributed by atoms with van der Waals surface area (Å²) in [6.07, 6.45) is 3.43. The lowest BCUT2D eigenvalue weighted by Gasteiger charge is -2.14. The number of amides is 2. The van der Waals surface area contributed by atoms with Crippen molar-refractivity contribution in [3.63, 3.8) is 0 Å². The summed E-state index contributed by atoms with van der Waals surface area (Å²) in [5.41, 5.74) is 2.45. The first-order chi connectivity index (χ1) is 14.4. The van der Waals surface area contributed by atoms with Crippen molar-refractivity contribution in [3.8, 4) is 5.75 Å². The molecule has 1 fully saturated rings. The van der Waals surface area contributed by atoms with Crippen LogP contribution in [-0.2, 0) is 16.0 Å². The highest BCUT2D eigenvalue weighted by Gasteiger charge is 2.31. The first kappa shape index (κ1) is 22.3. The minimum atomic E-state index is -0.274. The Labute approximate surface area is 190 Å². The Kier molecular flexibility index (Phi) is 7.53. The van der Waals surface area contributed by atoms with Gasteiger partial charge < -0.3 is 10.4 Å². The maximum Gasteiger partial charge on any atom is 0.266 e. The molecule has 3 rings (SSSR count). The molecule has 30 heavy (non-hydrogen) atoms. The molecule has 1 aliphatic heterocycles. The average molecular weight is 461 g/mol. The van der Waals surface area contributed by atoms with E-state index in [1.54, 1.807) is 0 Å². The fraction of sp³-hybridized carbons (Fsp3) is 0.227. The molecule has 5 nitrogen and oxygen atoms in total. The lowest BCUT2D eigenvalue weighted by atomic mass is 10.1. The number of hydrogen-bond donors (Lipinski definition) is 2. The molecule has 1 aliphatic rings. The highest BCUT2D eigenvalue weighted by molar-refractivity contribution is 8.26. The summed E-state index contributed by atoms with van der Waals surface area (Å²) in [7, 11) is 0. The standard InChI is InChI=1S/C22H21ClN2O3S2/c1-2-14-5-7-15(8-6-14)12-19-21(28)25(22(29)30-19)11-3-4-20(27)24-17-13-16(23)9-10-18(17)26/h5-10,12-13,26H,2-4,11H2,1H3,(H,24,27). The molecule has 0 atom stereocenters. The van der Waals surface area contributed by atoms with Crippen LogP contribution in [0.15, 0.2) is 47.4 Å². The lowest BCUT2D eigenvalue weighted by Crippen LogP contribution is -2.29. The van der Waals surface area contributed by atoms with Gasteiger partial charge in [-0.3, -0.25) is 14.5 Å². The molecule has 2 amide bonds. The van der Waals surface area contributed by atoms with Gasteiger partial charge >= 0.3 is 0 Å². The first-order valence-corrected chi connectivity index (χ1v) is 11.1. The molecule has 156 valence electrons. The van der Waals surface area contributed by atoms with Crippen molar-refractivity contribution in [2.45, 2.75) is 26.2 Å². The van der Waals surface area contributed by atoms with Gasteiger partial charge in [0.05, 0.1) is 10.6 Å². The molecule has 0 aliphatic carbocycles. The van der Waals surface area contributed by atoms with E-state index in [4.69, 9.17) is 23.8 Å². The van der Waals surface area contributed by atoms with Crippen molar-refractivity contribution in [1.29, 1.82) is 0 Å². The molecule has 0 saturated carbocycles. The van der Waals surface area contributed by atoms with Crippen LogP contribution in [0.1, 0.15) is 30.9 Å². The Hall–Kier alpha value is -2.35. The summed E-state index contributed by atoms with van der Waals surface area (Å²) < 4.78 is 0.490. The van der Waals surface area contributed by atoms with Crippen LogP contribution in [0.5, 0.6) is 5.75 Å². The number of rotatable bonds is 7. The van der Waals surface area contributed by atoms with Crippen molar-refractivity contribution >= 4 is 63.5 Å². The van der Waals surface area contributed by atoms with Crippen LogP contribution in [-0.4, -0.2) is 32.7 Å². The average Bonchev–Trinajstić information content (AvgIpc) is 2.98. The molecule has 1 heterocycles. The molecular formula is C22H21ClN2O3S2. The van der Waals surface area contributed by atoms with Gasteiger partial charge in [0.25, 0.3) is 5.91 Å². The van der Waals surface area contributed by atoms with Crippen LogP contribution in [0.25, 0.3) is 6.08 Å². The fourth-order valence-corrected chi connectivity index (χ4v) is 4.39. The van der Waals surface area contributed by atoms with Crippen molar-refractivity contribution in [1.82, 2.24) is 4.90 Å². The van der Waals surface area contributed by atoms with Gasteiger partial charge in [0.15, 0.2) is 0 Å². The number of thiocarbonyl (C=S) groups is 1. The van der Waals surface area contributed by atoms with Crippen molar-refractivity contribution in [2.75, 3.05) is 11.9 Å². The topological polar surface area (TPSA) is 69.6 Å². The number of carbonyl (C=O) groups is 2. The zero-order chi connectivity index (χ0) is 21.7. The van der Waals surface area contributed by atoms with Gasteiger partial charge in [-0.25, -0.2) is 0 Å². The molecule has 0 unspecified atom stereocenters. The van der Waals surface area contributed by atoms with E-state index in [9.17, 15) is 14.7 Å². The molecule has 1 saturated heterocycles. The van der Waals surface area contributed by atoms with Crippen molar-refractivity contribution in [3.05, 3.63) is 63.5 Å². The molecule has 8 heteroatoms. The molecule has 2 aromatic carbocycles. The van der Waals surface area contributed by atoms with E-state index in [0.717, 1.165) is 12.0 Å². The number of nitrogens with one attached hydrogen (secondary N) is 1. The largest absolute Gasteiger partial charge is 0.506 e. The number of carbonyl (C=O) groups excluding carboxylic acids is 2. The number of halogens is 1. The minimum absolute atomic E-state index is 0.0539. The second kappa shape index (κ2) is 10.1. The van der Waals surface area contributed by atoms with Crippen LogP contribution < -0.4 is 5.32 Å². The van der Waals surface area contributed by atoms with E-state index >= 15 is 0 Å². The van der Waals surface area contributed by atoms with E-state index in [-0.39, 0.29) is 29.7 Å². The second-order valence-electron chi connectivity index (χ2n) is 6.74. The smallest absolute Gasteiger partial charge is 0.266 e. The van der Waals surface area contributed by atoms with Crippen molar-refractivity contribution in [2.24, 2.45) is 0 Å². The fourth-order valence-electron chi connectivity index (χ4n) is 2.91. The monoisotopic (exact) mass is 460 g/mol. The van der Waals surface area contributed by atoms with Gasteiger partial charge in [-0.1, -0.05) is 66.8 Å².